The summed E-state index contributed by atoms with van der Waals surface area (Å²) in [5, 5.41) is 3.21. The van der Waals surface area contributed by atoms with Crippen molar-refractivity contribution in [1.29, 1.82) is 0 Å². The van der Waals surface area contributed by atoms with E-state index in [1.165, 1.54) is 25.9 Å². The maximum atomic E-state index is 5.93. The topological polar surface area (TPSA) is 53.6 Å². The lowest BCUT2D eigenvalue weighted by Crippen LogP contribution is -2.46. The van der Waals surface area contributed by atoms with Crippen LogP contribution in [0.15, 0.2) is 4.99 Å². The van der Waals surface area contributed by atoms with Gasteiger partial charge in [-0.3, -0.25) is 9.89 Å². The zero-order valence-electron chi connectivity index (χ0n) is 13.1. The highest BCUT2D eigenvalue weighted by Crippen LogP contribution is 2.17. The molecule has 0 spiro atoms. The molecular formula is C14H31IN4. The van der Waals surface area contributed by atoms with E-state index >= 15 is 0 Å². The predicted molar refractivity (Wildman–Crippen MR) is 94.2 cm³/mol. The molecule has 0 radical (unpaired) electrons. The largest absolute Gasteiger partial charge is 0.370 e. The molecule has 1 saturated heterocycles. The number of rotatable bonds is 4. The number of nitrogens with two attached hydrogens (primary N) is 1. The molecule has 0 aromatic carbocycles. The Labute approximate surface area is 135 Å². The minimum absolute atomic E-state index is 0. The summed E-state index contributed by atoms with van der Waals surface area (Å²) in [5.41, 5.74) is 5.91. The van der Waals surface area contributed by atoms with Crippen LogP contribution in [0.25, 0.3) is 0 Å². The molecule has 19 heavy (non-hydrogen) atoms. The SMILES string of the molecule is CC(C)C(CN=C(N)NC(C)(C)C)N1CCCC1.I. The van der Waals surface area contributed by atoms with E-state index in [2.05, 4.69) is 49.8 Å². The molecule has 1 unspecified atom stereocenters. The average molecular weight is 382 g/mol. The third kappa shape index (κ3) is 7.34. The number of guanidine groups is 1. The fourth-order valence-electron chi connectivity index (χ4n) is 2.44. The Kier molecular flexibility index (Phi) is 8.27. The fraction of sp³-hybridized carbons (Fsp3) is 0.929. The van der Waals surface area contributed by atoms with Crippen molar-refractivity contribution in [3.8, 4) is 0 Å². The van der Waals surface area contributed by atoms with Crippen molar-refractivity contribution in [3.05, 3.63) is 0 Å². The molecule has 1 fully saturated rings. The third-order valence-corrected chi connectivity index (χ3v) is 3.33. The smallest absolute Gasteiger partial charge is 0.189 e. The Bertz CT molecular complexity index is 278. The molecule has 0 aromatic rings. The molecule has 1 aliphatic rings. The summed E-state index contributed by atoms with van der Waals surface area (Å²) in [5.74, 6) is 1.18. The minimum Gasteiger partial charge on any atom is -0.370 e. The van der Waals surface area contributed by atoms with Gasteiger partial charge in [-0.1, -0.05) is 13.8 Å². The minimum atomic E-state index is -0.0193. The standard InChI is InChI=1S/C14H30N4.HI/c1-11(2)12(18-8-6-7-9-18)10-16-13(15)17-14(3,4)5;/h11-12H,6-10H2,1-5H3,(H3,15,16,17);1H. The van der Waals surface area contributed by atoms with E-state index in [9.17, 15) is 0 Å². The first-order chi connectivity index (χ1) is 8.29. The lowest BCUT2D eigenvalue weighted by Gasteiger charge is -2.30. The lowest BCUT2D eigenvalue weighted by molar-refractivity contribution is 0.197. The molecule has 1 heterocycles. The van der Waals surface area contributed by atoms with Gasteiger partial charge >= 0.3 is 0 Å². The van der Waals surface area contributed by atoms with Gasteiger partial charge in [-0.2, -0.15) is 0 Å². The highest BCUT2D eigenvalue weighted by atomic mass is 127. The maximum Gasteiger partial charge on any atom is 0.189 e. The van der Waals surface area contributed by atoms with E-state index in [0.29, 0.717) is 17.9 Å². The van der Waals surface area contributed by atoms with Gasteiger partial charge in [0.15, 0.2) is 5.96 Å². The zero-order chi connectivity index (χ0) is 13.8. The van der Waals surface area contributed by atoms with E-state index in [-0.39, 0.29) is 29.5 Å². The number of nitrogens with one attached hydrogen (secondary N) is 1. The molecule has 1 atom stereocenters. The van der Waals surface area contributed by atoms with Crippen molar-refractivity contribution >= 4 is 29.9 Å². The van der Waals surface area contributed by atoms with Crippen LogP contribution in [0.4, 0.5) is 0 Å². The number of hydrogen-bond donors (Lipinski definition) is 2. The average Bonchev–Trinajstić information content (AvgIpc) is 2.67. The first-order valence-corrected chi connectivity index (χ1v) is 7.12. The molecular weight excluding hydrogens is 351 g/mol. The van der Waals surface area contributed by atoms with Crippen LogP contribution in [0.3, 0.4) is 0 Å². The molecule has 1 aliphatic heterocycles. The summed E-state index contributed by atoms with van der Waals surface area (Å²) in [4.78, 5) is 7.07. The van der Waals surface area contributed by atoms with Gasteiger partial charge in [-0.15, -0.1) is 24.0 Å². The molecule has 1 rings (SSSR count). The van der Waals surface area contributed by atoms with Gasteiger partial charge in [-0.25, -0.2) is 0 Å². The quantitative estimate of drug-likeness (QED) is 0.446. The Morgan fingerprint density at radius 3 is 2.21 bits per heavy atom. The van der Waals surface area contributed by atoms with E-state index < -0.39 is 0 Å². The zero-order valence-corrected chi connectivity index (χ0v) is 15.4. The molecule has 0 bridgehead atoms. The number of aliphatic imine (C=N–C) groups is 1. The molecule has 0 aromatic heterocycles. The Morgan fingerprint density at radius 1 is 1.26 bits per heavy atom. The number of hydrogen-bond acceptors (Lipinski definition) is 2. The number of nitrogens with zero attached hydrogens (tertiary/aromatic N) is 2. The van der Waals surface area contributed by atoms with Crippen LogP contribution < -0.4 is 11.1 Å². The fourth-order valence-corrected chi connectivity index (χ4v) is 2.44. The second-order valence-electron chi connectivity index (χ2n) is 6.66. The van der Waals surface area contributed by atoms with Crippen molar-refractivity contribution < 1.29 is 0 Å². The molecule has 0 aliphatic carbocycles. The van der Waals surface area contributed by atoms with Gasteiger partial charge in [0.2, 0.25) is 0 Å². The van der Waals surface area contributed by atoms with Crippen LogP contribution in [-0.4, -0.2) is 42.1 Å². The Balaban J connectivity index is 0.00000324. The second kappa shape index (κ2) is 8.29. The van der Waals surface area contributed by atoms with Crippen molar-refractivity contribution in [2.24, 2.45) is 16.6 Å². The summed E-state index contributed by atoms with van der Waals surface area (Å²) in [7, 11) is 0. The van der Waals surface area contributed by atoms with Crippen LogP contribution in [0, 0.1) is 5.92 Å². The first kappa shape index (κ1) is 19.0. The highest BCUT2D eigenvalue weighted by Gasteiger charge is 2.24. The number of likely N-dealkylation sites (tertiary alicyclic amines) is 1. The predicted octanol–water partition coefficient (Wildman–Crippen LogP) is 2.43. The summed E-state index contributed by atoms with van der Waals surface area (Å²) < 4.78 is 0. The van der Waals surface area contributed by atoms with Crippen LogP contribution >= 0.6 is 24.0 Å². The molecule has 0 amide bonds. The van der Waals surface area contributed by atoms with Gasteiger partial charge in [0, 0.05) is 11.6 Å². The summed E-state index contributed by atoms with van der Waals surface area (Å²) >= 11 is 0. The van der Waals surface area contributed by atoms with Gasteiger partial charge < -0.3 is 11.1 Å². The van der Waals surface area contributed by atoms with Crippen molar-refractivity contribution in [2.75, 3.05) is 19.6 Å². The van der Waals surface area contributed by atoms with Crippen molar-refractivity contribution in [2.45, 2.75) is 59.0 Å². The van der Waals surface area contributed by atoms with Gasteiger partial charge in [0.1, 0.15) is 0 Å². The molecule has 4 nitrogen and oxygen atoms in total. The summed E-state index contributed by atoms with van der Waals surface area (Å²) in [6.45, 7) is 14.0. The van der Waals surface area contributed by atoms with E-state index in [4.69, 9.17) is 5.73 Å². The number of halogens is 1. The summed E-state index contributed by atoms with van der Waals surface area (Å²) in [6, 6.07) is 0.521. The summed E-state index contributed by atoms with van der Waals surface area (Å²) in [6.07, 6.45) is 2.64. The van der Waals surface area contributed by atoms with E-state index in [0.717, 1.165) is 6.54 Å². The van der Waals surface area contributed by atoms with Crippen molar-refractivity contribution in [1.82, 2.24) is 10.2 Å². The molecule has 5 heteroatoms. The third-order valence-electron chi connectivity index (χ3n) is 3.33. The Hall–Kier alpha value is -0.0400. The maximum absolute atomic E-state index is 5.93. The van der Waals surface area contributed by atoms with Crippen molar-refractivity contribution in [3.63, 3.8) is 0 Å². The molecule has 3 N–H and O–H groups in total. The van der Waals surface area contributed by atoms with E-state index in [1.807, 2.05) is 0 Å². The molecule has 114 valence electrons. The Morgan fingerprint density at radius 2 is 1.79 bits per heavy atom. The monoisotopic (exact) mass is 382 g/mol. The molecule has 0 saturated carbocycles. The van der Waals surface area contributed by atoms with Crippen LogP contribution in [-0.2, 0) is 0 Å². The van der Waals surface area contributed by atoms with Gasteiger partial charge in [-0.05, 0) is 52.6 Å². The van der Waals surface area contributed by atoms with Crippen LogP contribution in [0.5, 0.6) is 0 Å². The second-order valence-corrected chi connectivity index (χ2v) is 6.66. The van der Waals surface area contributed by atoms with Crippen LogP contribution in [0.1, 0.15) is 47.5 Å². The van der Waals surface area contributed by atoms with Gasteiger partial charge in [0.25, 0.3) is 0 Å². The van der Waals surface area contributed by atoms with Gasteiger partial charge in [0.05, 0.1) is 6.54 Å². The lowest BCUT2D eigenvalue weighted by atomic mass is 10.0. The van der Waals surface area contributed by atoms with Crippen LogP contribution in [0.2, 0.25) is 0 Å². The normalized spacial score (nSPS) is 19.4. The highest BCUT2D eigenvalue weighted by molar-refractivity contribution is 14.0. The van der Waals surface area contributed by atoms with E-state index in [1.54, 1.807) is 0 Å². The first-order valence-electron chi connectivity index (χ1n) is 7.12.